The first-order chi connectivity index (χ1) is 12.5. The zero-order valence-electron chi connectivity index (χ0n) is 14.0. The van der Waals surface area contributed by atoms with Gasteiger partial charge in [0.15, 0.2) is 0 Å². The lowest BCUT2D eigenvalue weighted by molar-refractivity contribution is -0.136. The Bertz CT molecular complexity index is 777. The number of likely N-dealkylation sites (tertiary alicyclic amines) is 1. The third-order valence-electron chi connectivity index (χ3n) is 4.35. The minimum atomic E-state index is -1.03. The summed E-state index contributed by atoms with van der Waals surface area (Å²) in [7, 11) is 0. The van der Waals surface area contributed by atoms with Gasteiger partial charge < -0.3 is 10.6 Å². The number of rotatable bonds is 5. The molecular formula is C18H19F2N3O2S. The van der Waals surface area contributed by atoms with Gasteiger partial charge in [-0.15, -0.1) is 0 Å². The second-order valence-corrected chi connectivity index (χ2v) is 6.88. The first kappa shape index (κ1) is 18.5. The summed E-state index contributed by atoms with van der Waals surface area (Å²) in [6, 6.07) is 4.66. The van der Waals surface area contributed by atoms with E-state index in [1.807, 2.05) is 16.8 Å². The van der Waals surface area contributed by atoms with Crippen molar-refractivity contribution in [2.45, 2.75) is 18.9 Å². The zero-order valence-corrected chi connectivity index (χ0v) is 14.8. The molecule has 0 radical (unpaired) electrons. The highest BCUT2D eigenvalue weighted by molar-refractivity contribution is 7.08. The van der Waals surface area contributed by atoms with E-state index in [9.17, 15) is 18.4 Å². The molecule has 1 aliphatic rings. The lowest BCUT2D eigenvalue weighted by atomic mass is 10.1. The molecule has 8 heteroatoms. The van der Waals surface area contributed by atoms with E-state index in [0.29, 0.717) is 0 Å². The highest BCUT2D eigenvalue weighted by Gasteiger charge is 2.25. The first-order valence-electron chi connectivity index (χ1n) is 8.35. The number of anilines is 1. The zero-order chi connectivity index (χ0) is 18.5. The van der Waals surface area contributed by atoms with Crippen molar-refractivity contribution in [3.8, 4) is 0 Å². The molecule has 0 aliphatic carbocycles. The molecule has 2 heterocycles. The van der Waals surface area contributed by atoms with E-state index < -0.39 is 23.4 Å². The molecule has 0 saturated carbocycles. The fourth-order valence-electron chi connectivity index (χ4n) is 3.02. The van der Waals surface area contributed by atoms with Gasteiger partial charge in [0.05, 0.1) is 11.7 Å². The van der Waals surface area contributed by atoms with Crippen LogP contribution in [0.3, 0.4) is 0 Å². The van der Waals surface area contributed by atoms with Crippen LogP contribution < -0.4 is 10.6 Å². The third kappa shape index (κ3) is 4.44. The Labute approximate surface area is 154 Å². The van der Waals surface area contributed by atoms with Crippen LogP contribution in [-0.4, -0.2) is 36.3 Å². The normalized spacial score (nSPS) is 15.6. The van der Waals surface area contributed by atoms with Crippen molar-refractivity contribution in [1.82, 2.24) is 10.2 Å². The summed E-state index contributed by atoms with van der Waals surface area (Å²) in [5.74, 6) is -3.41. The van der Waals surface area contributed by atoms with Gasteiger partial charge >= 0.3 is 11.8 Å². The summed E-state index contributed by atoms with van der Waals surface area (Å²) in [4.78, 5) is 26.3. The standard InChI is InChI=1S/C18H19F2N3O2S/c19-13-3-4-14(20)15(9-13)22-18(25)17(24)21-10-16(12-5-8-26-11-12)23-6-1-2-7-23/h3-5,8-9,11,16H,1-2,6-7,10H2,(H,21,24)(H,22,25)/t16-/m0/s1. The van der Waals surface area contributed by atoms with E-state index in [4.69, 9.17) is 0 Å². The number of hydrogen-bond donors (Lipinski definition) is 2. The van der Waals surface area contributed by atoms with Gasteiger partial charge in [0.1, 0.15) is 11.6 Å². The van der Waals surface area contributed by atoms with Crippen molar-refractivity contribution >= 4 is 28.8 Å². The Morgan fingerprint density at radius 1 is 1.15 bits per heavy atom. The molecule has 1 fully saturated rings. The fraction of sp³-hybridized carbons (Fsp3) is 0.333. The second kappa shape index (κ2) is 8.37. The lowest BCUT2D eigenvalue weighted by Gasteiger charge is -2.27. The highest BCUT2D eigenvalue weighted by atomic mass is 32.1. The number of amides is 2. The smallest absolute Gasteiger partial charge is 0.313 e. The molecule has 26 heavy (non-hydrogen) atoms. The van der Waals surface area contributed by atoms with Gasteiger partial charge in [-0.2, -0.15) is 11.3 Å². The number of thiophene rings is 1. The molecule has 5 nitrogen and oxygen atoms in total. The Morgan fingerprint density at radius 2 is 1.92 bits per heavy atom. The van der Waals surface area contributed by atoms with E-state index in [1.165, 1.54) is 0 Å². The summed E-state index contributed by atoms with van der Waals surface area (Å²) in [5.41, 5.74) is 0.730. The number of carbonyl (C=O) groups is 2. The van der Waals surface area contributed by atoms with Gasteiger partial charge in [-0.1, -0.05) is 0 Å². The third-order valence-corrected chi connectivity index (χ3v) is 5.05. The average Bonchev–Trinajstić information content (AvgIpc) is 3.32. The van der Waals surface area contributed by atoms with Crippen LogP contribution in [-0.2, 0) is 9.59 Å². The summed E-state index contributed by atoms with van der Waals surface area (Å²) in [5, 5.41) is 8.70. The molecule has 1 saturated heterocycles. The van der Waals surface area contributed by atoms with Gasteiger partial charge in [-0.3, -0.25) is 14.5 Å². The summed E-state index contributed by atoms with van der Waals surface area (Å²) >= 11 is 1.58. The number of halogens is 2. The van der Waals surface area contributed by atoms with Crippen LogP contribution >= 0.6 is 11.3 Å². The van der Waals surface area contributed by atoms with Crippen LogP contribution in [0.2, 0.25) is 0 Å². The fourth-order valence-corrected chi connectivity index (χ4v) is 3.72. The average molecular weight is 379 g/mol. The molecule has 1 atom stereocenters. The van der Waals surface area contributed by atoms with Gasteiger partial charge in [0.25, 0.3) is 0 Å². The monoisotopic (exact) mass is 379 g/mol. The van der Waals surface area contributed by atoms with Gasteiger partial charge in [0, 0.05) is 12.6 Å². The van der Waals surface area contributed by atoms with Crippen molar-refractivity contribution in [2.75, 3.05) is 25.0 Å². The number of benzene rings is 1. The molecule has 1 aromatic carbocycles. The molecule has 0 bridgehead atoms. The van der Waals surface area contributed by atoms with E-state index in [0.717, 1.165) is 49.7 Å². The Hall–Kier alpha value is -2.32. The van der Waals surface area contributed by atoms with Crippen molar-refractivity contribution in [3.05, 3.63) is 52.2 Å². The molecule has 0 unspecified atom stereocenters. The quantitative estimate of drug-likeness (QED) is 0.786. The van der Waals surface area contributed by atoms with E-state index in [-0.39, 0.29) is 18.3 Å². The largest absolute Gasteiger partial charge is 0.346 e. The van der Waals surface area contributed by atoms with E-state index in [2.05, 4.69) is 15.5 Å². The van der Waals surface area contributed by atoms with Crippen molar-refractivity contribution in [1.29, 1.82) is 0 Å². The van der Waals surface area contributed by atoms with Crippen molar-refractivity contribution in [2.24, 2.45) is 0 Å². The van der Waals surface area contributed by atoms with Gasteiger partial charge in [0.2, 0.25) is 0 Å². The van der Waals surface area contributed by atoms with Crippen LogP contribution in [0.1, 0.15) is 24.4 Å². The number of hydrogen-bond acceptors (Lipinski definition) is 4. The first-order valence-corrected chi connectivity index (χ1v) is 9.29. The molecule has 2 aromatic rings. The predicted octanol–water partition coefficient (Wildman–Crippen LogP) is 2.92. The summed E-state index contributed by atoms with van der Waals surface area (Å²) in [6.07, 6.45) is 2.21. The van der Waals surface area contributed by atoms with E-state index in [1.54, 1.807) is 11.3 Å². The SMILES string of the molecule is O=C(NC[C@@H](c1ccsc1)N1CCCC1)C(=O)Nc1cc(F)ccc1F. The molecule has 3 rings (SSSR count). The number of nitrogens with one attached hydrogen (secondary N) is 2. The predicted molar refractivity (Wildman–Crippen MR) is 95.9 cm³/mol. The van der Waals surface area contributed by atoms with Gasteiger partial charge in [-0.05, 0) is 60.5 Å². The number of carbonyl (C=O) groups excluding carboxylic acids is 2. The second-order valence-electron chi connectivity index (χ2n) is 6.10. The van der Waals surface area contributed by atoms with Crippen LogP contribution in [0.4, 0.5) is 14.5 Å². The summed E-state index contributed by atoms with van der Waals surface area (Å²) in [6.45, 7) is 2.16. The van der Waals surface area contributed by atoms with Gasteiger partial charge in [-0.25, -0.2) is 8.78 Å². The molecule has 138 valence electrons. The minimum Gasteiger partial charge on any atom is -0.346 e. The Morgan fingerprint density at radius 3 is 2.62 bits per heavy atom. The maximum atomic E-state index is 13.6. The van der Waals surface area contributed by atoms with Crippen molar-refractivity contribution in [3.63, 3.8) is 0 Å². The molecule has 1 aromatic heterocycles. The summed E-state index contributed by atoms with van der Waals surface area (Å²) < 4.78 is 26.7. The van der Waals surface area contributed by atoms with Crippen LogP contribution in [0.5, 0.6) is 0 Å². The molecule has 1 aliphatic heterocycles. The van der Waals surface area contributed by atoms with Crippen LogP contribution in [0.25, 0.3) is 0 Å². The maximum Gasteiger partial charge on any atom is 0.313 e. The Kier molecular flexibility index (Phi) is 5.95. The maximum absolute atomic E-state index is 13.6. The Balaban J connectivity index is 1.61. The van der Waals surface area contributed by atoms with E-state index >= 15 is 0 Å². The van der Waals surface area contributed by atoms with Crippen LogP contribution in [0.15, 0.2) is 35.0 Å². The minimum absolute atomic E-state index is 0.00796. The lowest BCUT2D eigenvalue weighted by Crippen LogP contribution is -2.41. The molecule has 2 N–H and O–H groups in total. The van der Waals surface area contributed by atoms with Crippen molar-refractivity contribution < 1.29 is 18.4 Å². The molecule has 2 amide bonds. The molecular weight excluding hydrogens is 360 g/mol. The topological polar surface area (TPSA) is 61.4 Å². The van der Waals surface area contributed by atoms with Crippen LogP contribution in [0, 0.1) is 11.6 Å². The molecule has 0 spiro atoms. The highest BCUT2D eigenvalue weighted by Crippen LogP contribution is 2.26. The number of nitrogens with zero attached hydrogens (tertiary/aromatic N) is 1.